The van der Waals surface area contributed by atoms with E-state index in [2.05, 4.69) is 0 Å². The highest BCUT2D eigenvalue weighted by Gasteiger charge is 2.38. The number of aliphatic hydroxyl groups excluding tert-OH is 4. The van der Waals surface area contributed by atoms with Crippen LogP contribution in [0.15, 0.2) is 89.8 Å². The summed E-state index contributed by atoms with van der Waals surface area (Å²) >= 11 is 0. The van der Waals surface area contributed by atoms with Gasteiger partial charge in [-0.3, -0.25) is 4.18 Å². The molecule has 2 aliphatic rings. The minimum Gasteiger partial charge on any atom is -0.496 e. The maximum atomic E-state index is 14.5. The molecule has 0 bridgehead atoms. The predicted molar refractivity (Wildman–Crippen MR) is 245 cm³/mol. The molecule has 0 spiro atoms. The molecule has 2 unspecified atom stereocenters. The molecule has 68 heavy (non-hydrogen) atoms. The number of ether oxygens (including phenoxy) is 6. The average Bonchev–Trinajstić information content (AvgIpc) is 3.30. The first-order valence-electron chi connectivity index (χ1n) is 21.7. The van der Waals surface area contributed by atoms with Crippen molar-refractivity contribution in [2.24, 2.45) is 0 Å². The van der Waals surface area contributed by atoms with Gasteiger partial charge in [0, 0.05) is 35.1 Å². The molecule has 0 radical (unpaired) electrons. The second kappa shape index (κ2) is 21.5. The van der Waals surface area contributed by atoms with E-state index in [1.807, 2.05) is 34.6 Å². The van der Waals surface area contributed by atoms with E-state index >= 15 is 0 Å². The van der Waals surface area contributed by atoms with E-state index in [-0.39, 0.29) is 68.5 Å². The molecule has 2 atom stereocenters. The number of esters is 2. The van der Waals surface area contributed by atoms with Crippen molar-refractivity contribution in [2.75, 3.05) is 14.2 Å². The van der Waals surface area contributed by atoms with Gasteiger partial charge in [-0.05, 0) is 130 Å². The van der Waals surface area contributed by atoms with Crippen molar-refractivity contribution in [2.45, 2.75) is 115 Å². The molecular formula is C51H57FO15S. The van der Waals surface area contributed by atoms with Gasteiger partial charge in [0.15, 0.2) is 0 Å². The Morgan fingerprint density at radius 2 is 1.10 bits per heavy atom. The smallest absolute Gasteiger partial charge is 0.338 e. The number of benzene rings is 5. The standard InChI is InChI=1S/C29H32O9S.C22H25FO6/c1-18-5-8-22(9-6-18)39(33,34)38-27-14-29(2,3)37-25-10-7-20(13-23(25)27)28(32)36-17-19-11-21(15-30)24(16-31)26(12-19)35-4;1-22(2)9-18(23)16-8-14(4-5-19(16)29-22)21(26)28-12-13-6-15(10-24)17(11-25)20(7-13)27-3/h5-13,27,30-31H,14-17H2,1-4H3;4-8,18,24-25H,9-12H2,1-3H3/i;23-1. The van der Waals surface area contributed by atoms with Crippen molar-refractivity contribution in [3.8, 4) is 23.0 Å². The third-order valence-electron chi connectivity index (χ3n) is 11.4. The third-order valence-corrected chi connectivity index (χ3v) is 12.7. The quantitative estimate of drug-likeness (QED) is 0.0579. The van der Waals surface area contributed by atoms with E-state index in [4.69, 9.17) is 32.6 Å². The van der Waals surface area contributed by atoms with Gasteiger partial charge >= 0.3 is 11.9 Å². The first kappa shape index (κ1) is 51.3. The van der Waals surface area contributed by atoms with Crippen LogP contribution in [0.5, 0.6) is 23.0 Å². The van der Waals surface area contributed by atoms with Gasteiger partial charge in [-0.15, -0.1) is 0 Å². The van der Waals surface area contributed by atoms with Crippen molar-refractivity contribution in [3.05, 3.63) is 146 Å². The van der Waals surface area contributed by atoms with Crippen LogP contribution in [-0.4, -0.2) is 66.2 Å². The van der Waals surface area contributed by atoms with Gasteiger partial charge in [-0.25, -0.2) is 14.0 Å². The lowest BCUT2D eigenvalue weighted by molar-refractivity contribution is 0.0243. The normalized spacial score (nSPS) is 16.6. The molecule has 5 aromatic carbocycles. The number of halogens is 1. The lowest BCUT2D eigenvalue weighted by Crippen LogP contribution is -2.36. The molecule has 0 amide bonds. The molecule has 2 heterocycles. The first-order valence-corrected chi connectivity index (χ1v) is 23.1. The van der Waals surface area contributed by atoms with Crippen molar-refractivity contribution in [1.82, 2.24) is 0 Å². The van der Waals surface area contributed by atoms with Crippen LogP contribution < -0.4 is 18.9 Å². The van der Waals surface area contributed by atoms with E-state index in [9.17, 15) is 42.8 Å². The predicted octanol–water partition coefficient (Wildman–Crippen LogP) is 7.96. The maximum Gasteiger partial charge on any atom is 0.338 e. The molecule has 2 aliphatic heterocycles. The lowest BCUT2D eigenvalue weighted by atomic mass is 9.91. The Hall–Kier alpha value is -6.08. The second-order valence-corrected chi connectivity index (χ2v) is 19.2. The van der Waals surface area contributed by atoms with E-state index in [1.54, 1.807) is 60.7 Å². The Kier molecular flexibility index (Phi) is 16.2. The average molecular weight is 960 g/mol. The number of hydrogen-bond acceptors (Lipinski definition) is 15. The summed E-state index contributed by atoms with van der Waals surface area (Å²) in [6, 6.07) is 22.2. The van der Waals surface area contributed by atoms with Crippen LogP contribution in [0.3, 0.4) is 0 Å². The van der Waals surface area contributed by atoms with E-state index in [0.29, 0.717) is 67.5 Å². The number of alkyl halides is 1. The molecule has 17 heteroatoms. The SMILES string of the molecule is COc1cc(COC(=O)c2ccc3c(c2)C(OS(=O)(=O)c2ccc(C)cc2)CC(C)(C)O3)cc(CO)c1CO.COc1cc(COC(=O)c2ccc3c(c2)C([18F])CC(C)(C)O3)cc(CO)c1CO. The Bertz CT molecular complexity index is 2680. The van der Waals surface area contributed by atoms with Gasteiger partial charge in [0.05, 0.1) is 56.7 Å². The Labute approximate surface area is 395 Å². The zero-order valence-corrected chi connectivity index (χ0v) is 39.8. The number of aliphatic hydroxyl groups is 4. The minimum atomic E-state index is -4.09. The molecule has 0 aromatic heterocycles. The molecule has 0 fully saturated rings. The number of methoxy groups -OCH3 is 2. The van der Waals surface area contributed by atoms with Crippen LogP contribution in [0.2, 0.25) is 0 Å². The van der Waals surface area contributed by atoms with E-state index < -0.39 is 45.5 Å². The summed E-state index contributed by atoms with van der Waals surface area (Å²) in [5.74, 6) is 0.391. The molecule has 15 nitrogen and oxygen atoms in total. The summed E-state index contributed by atoms with van der Waals surface area (Å²) in [6.45, 7) is 7.81. The van der Waals surface area contributed by atoms with Crippen molar-refractivity contribution in [1.29, 1.82) is 0 Å². The number of aryl methyl sites for hydroxylation is 1. The minimum absolute atomic E-state index is 0.0411. The van der Waals surface area contributed by atoms with Crippen LogP contribution in [0.4, 0.5) is 4.39 Å². The largest absolute Gasteiger partial charge is 0.496 e. The molecule has 4 N–H and O–H groups in total. The van der Waals surface area contributed by atoms with Gasteiger partial charge in [0.25, 0.3) is 10.1 Å². The van der Waals surface area contributed by atoms with Crippen molar-refractivity contribution >= 4 is 22.1 Å². The van der Waals surface area contributed by atoms with Gasteiger partial charge in [0.1, 0.15) is 59.7 Å². The molecule has 364 valence electrons. The van der Waals surface area contributed by atoms with Crippen molar-refractivity contribution in [3.63, 3.8) is 0 Å². The maximum absolute atomic E-state index is 14.5. The summed E-state index contributed by atoms with van der Waals surface area (Å²) in [6.07, 6.45) is -1.65. The second-order valence-electron chi connectivity index (χ2n) is 17.6. The summed E-state index contributed by atoms with van der Waals surface area (Å²) < 4.78 is 79.5. The first-order chi connectivity index (χ1) is 32.2. The van der Waals surface area contributed by atoms with E-state index in [0.717, 1.165) is 5.56 Å². The number of carbonyl (C=O) groups excluding carboxylic acids is 2. The molecule has 0 saturated carbocycles. The molecule has 0 saturated heterocycles. The Balaban J connectivity index is 0.000000234. The lowest BCUT2D eigenvalue weighted by Gasteiger charge is -2.37. The fourth-order valence-electron chi connectivity index (χ4n) is 7.98. The monoisotopic (exact) mass is 959 g/mol. The fraction of sp³-hybridized carbons (Fsp3) is 0.373. The van der Waals surface area contributed by atoms with Crippen LogP contribution in [-0.2, 0) is 63.4 Å². The summed E-state index contributed by atoms with van der Waals surface area (Å²) in [4.78, 5) is 25.5. The highest BCUT2D eigenvalue weighted by molar-refractivity contribution is 7.86. The molecule has 0 aliphatic carbocycles. The van der Waals surface area contributed by atoms with Crippen molar-refractivity contribution < 1.29 is 75.4 Å². The number of fused-ring (bicyclic) bond motifs is 2. The highest BCUT2D eigenvalue weighted by atomic mass is 32.2. The molecule has 5 aromatic rings. The highest BCUT2D eigenvalue weighted by Crippen LogP contribution is 2.44. The number of rotatable bonds is 15. The van der Waals surface area contributed by atoms with Gasteiger partial charge in [0.2, 0.25) is 0 Å². The number of hydrogen-bond donors (Lipinski definition) is 4. The van der Waals surface area contributed by atoms with Gasteiger partial charge in [-0.2, -0.15) is 8.42 Å². The third kappa shape index (κ3) is 12.1. The van der Waals surface area contributed by atoms with Crippen LogP contribution in [0.25, 0.3) is 0 Å². The topological polar surface area (TPSA) is 214 Å². The summed E-state index contributed by atoms with van der Waals surface area (Å²) in [5.41, 5.74) is 3.88. The fourth-order valence-corrected chi connectivity index (χ4v) is 9.04. The summed E-state index contributed by atoms with van der Waals surface area (Å²) in [5, 5.41) is 38.2. The van der Waals surface area contributed by atoms with Gasteiger partial charge < -0.3 is 48.8 Å². The van der Waals surface area contributed by atoms with E-state index in [1.165, 1.54) is 38.5 Å². The summed E-state index contributed by atoms with van der Waals surface area (Å²) in [7, 11) is -1.19. The Morgan fingerprint density at radius 3 is 1.56 bits per heavy atom. The molecular weight excluding hydrogens is 903 g/mol. The van der Waals surface area contributed by atoms with Crippen LogP contribution >= 0.6 is 0 Å². The van der Waals surface area contributed by atoms with Crippen LogP contribution in [0.1, 0.15) is 124 Å². The Morgan fingerprint density at radius 1 is 0.647 bits per heavy atom. The van der Waals surface area contributed by atoms with Gasteiger partial charge in [-0.1, -0.05) is 17.7 Å². The number of carbonyl (C=O) groups is 2. The zero-order chi connectivity index (χ0) is 49.6. The zero-order valence-electron chi connectivity index (χ0n) is 39.0. The van der Waals surface area contributed by atoms with Crippen LogP contribution in [0, 0.1) is 6.92 Å². The molecule has 7 rings (SSSR count).